The van der Waals surface area contributed by atoms with Gasteiger partial charge >= 0.3 is 0 Å². The van der Waals surface area contributed by atoms with E-state index in [1.165, 1.54) is 0 Å². The van der Waals surface area contributed by atoms with E-state index in [4.69, 9.17) is 21.1 Å². The van der Waals surface area contributed by atoms with Crippen LogP contribution in [0.15, 0.2) is 0 Å². The first-order valence-electron chi connectivity index (χ1n) is 5.32. The second kappa shape index (κ2) is 9.18. The Morgan fingerprint density at radius 3 is 2.25 bits per heavy atom. The maximum Gasteiger partial charge on any atom is 0.211 e. The maximum atomic E-state index is 11.4. The van der Waals surface area contributed by atoms with Crippen LogP contribution in [-0.4, -0.2) is 46.1 Å². The standard InChI is InChI=1S/C9H20ClNO4S/c1-3-14-9(15-4-2)8-11-16(12,13)7-5-6-10/h9,11H,3-8H2,1-2H3. The molecule has 0 radical (unpaired) electrons. The number of nitrogens with one attached hydrogen (secondary N) is 1. The Hall–Kier alpha value is 0.120. The molecule has 0 fully saturated rings. The summed E-state index contributed by atoms with van der Waals surface area (Å²) in [4.78, 5) is 0. The molecule has 16 heavy (non-hydrogen) atoms. The normalized spacial score (nSPS) is 12.2. The van der Waals surface area contributed by atoms with Gasteiger partial charge < -0.3 is 9.47 Å². The van der Waals surface area contributed by atoms with Crippen molar-refractivity contribution in [2.45, 2.75) is 26.6 Å². The van der Waals surface area contributed by atoms with Crippen LogP contribution >= 0.6 is 11.6 Å². The molecule has 0 spiro atoms. The molecule has 98 valence electrons. The summed E-state index contributed by atoms with van der Waals surface area (Å²) < 4.78 is 35.7. The third-order valence-electron chi connectivity index (χ3n) is 1.72. The number of halogens is 1. The first kappa shape index (κ1) is 16.1. The highest BCUT2D eigenvalue weighted by Crippen LogP contribution is 1.97. The summed E-state index contributed by atoms with van der Waals surface area (Å²) in [7, 11) is -3.27. The number of alkyl halides is 1. The van der Waals surface area contributed by atoms with Gasteiger partial charge in [-0.1, -0.05) is 0 Å². The lowest BCUT2D eigenvalue weighted by Gasteiger charge is -2.17. The zero-order chi connectivity index (χ0) is 12.4. The predicted octanol–water partition coefficient (Wildman–Crippen LogP) is 0.934. The number of hydrogen-bond donors (Lipinski definition) is 1. The molecule has 0 atom stereocenters. The summed E-state index contributed by atoms with van der Waals surface area (Å²) in [5.74, 6) is 0.364. The van der Waals surface area contributed by atoms with Gasteiger partial charge in [0, 0.05) is 19.1 Å². The molecule has 0 bridgehead atoms. The van der Waals surface area contributed by atoms with E-state index in [1.807, 2.05) is 13.8 Å². The van der Waals surface area contributed by atoms with Crippen LogP contribution in [-0.2, 0) is 19.5 Å². The van der Waals surface area contributed by atoms with E-state index < -0.39 is 16.3 Å². The molecule has 0 saturated heterocycles. The largest absolute Gasteiger partial charge is 0.352 e. The molecule has 0 saturated carbocycles. The van der Waals surface area contributed by atoms with E-state index in [0.29, 0.717) is 25.5 Å². The van der Waals surface area contributed by atoms with Gasteiger partial charge in [-0.2, -0.15) is 0 Å². The molecular formula is C9H20ClNO4S. The Morgan fingerprint density at radius 1 is 1.25 bits per heavy atom. The van der Waals surface area contributed by atoms with Crippen LogP contribution in [0.5, 0.6) is 0 Å². The lowest BCUT2D eigenvalue weighted by Crippen LogP contribution is -2.36. The molecule has 0 aliphatic heterocycles. The predicted molar refractivity (Wildman–Crippen MR) is 64.2 cm³/mol. The molecule has 0 aromatic heterocycles. The van der Waals surface area contributed by atoms with E-state index >= 15 is 0 Å². The highest BCUT2D eigenvalue weighted by molar-refractivity contribution is 7.89. The second-order valence-electron chi connectivity index (χ2n) is 3.05. The Bertz CT molecular complexity index is 252. The molecule has 0 heterocycles. The van der Waals surface area contributed by atoms with Gasteiger partial charge in [-0.25, -0.2) is 13.1 Å². The topological polar surface area (TPSA) is 64.6 Å². The van der Waals surface area contributed by atoms with Crippen LogP contribution in [0, 0.1) is 0 Å². The SMILES string of the molecule is CCOC(CNS(=O)(=O)CCCCl)OCC. The average molecular weight is 274 g/mol. The first-order chi connectivity index (χ1) is 7.55. The van der Waals surface area contributed by atoms with Gasteiger partial charge in [-0.05, 0) is 20.3 Å². The van der Waals surface area contributed by atoms with Crippen LogP contribution in [0.4, 0.5) is 0 Å². The summed E-state index contributed by atoms with van der Waals surface area (Å²) >= 11 is 5.43. The zero-order valence-electron chi connectivity index (χ0n) is 9.74. The van der Waals surface area contributed by atoms with Gasteiger partial charge in [0.1, 0.15) is 0 Å². The third-order valence-corrected chi connectivity index (χ3v) is 3.42. The summed E-state index contributed by atoms with van der Waals surface area (Å²) in [6.07, 6.45) is -0.0917. The van der Waals surface area contributed by atoms with Crippen molar-refractivity contribution in [1.29, 1.82) is 0 Å². The average Bonchev–Trinajstić information content (AvgIpc) is 2.24. The van der Waals surface area contributed by atoms with Gasteiger partial charge in [-0.3, -0.25) is 0 Å². The first-order valence-corrected chi connectivity index (χ1v) is 7.50. The van der Waals surface area contributed by atoms with Crippen LogP contribution in [0.1, 0.15) is 20.3 Å². The number of rotatable bonds is 10. The van der Waals surface area contributed by atoms with E-state index in [9.17, 15) is 8.42 Å². The van der Waals surface area contributed by atoms with Crippen molar-refractivity contribution in [3.63, 3.8) is 0 Å². The minimum Gasteiger partial charge on any atom is -0.352 e. The monoisotopic (exact) mass is 273 g/mol. The van der Waals surface area contributed by atoms with Crippen molar-refractivity contribution in [3.8, 4) is 0 Å². The molecule has 0 amide bonds. The molecule has 0 aliphatic rings. The second-order valence-corrected chi connectivity index (χ2v) is 5.35. The number of sulfonamides is 1. The molecule has 1 N–H and O–H groups in total. The molecule has 0 unspecified atom stereocenters. The van der Waals surface area contributed by atoms with Gasteiger partial charge in [-0.15, -0.1) is 11.6 Å². The molecule has 7 heteroatoms. The molecule has 0 rings (SSSR count). The zero-order valence-corrected chi connectivity index (χ0v) is 11.3. The van der Waals surface area contributed by atoms with Crippen molar-refractivity contribution in [2.24, 2.45) is 0 Å². The summed E-state index contributed by atoms with van der Waals surface area (Å²) in [5.41, 5.74) is 0. The highest BCUT2D eigenvalue weighted by atomic mass is 35.5. The maximum absolute atomic E-state index is 11.4. The van der Waals surface area contributed by atoms with Crippen LogP contribution in [0.2, 0.25) is 0 Å². The van der Waals surface area contributed by atoms with Crippen LogP contribution in [0.3, 0.4) is 0 Å². The van der Waals surface area contributed by atoms with E-state index in [0.717, 1.165) is 0 Å². The Balaban J connectivity index is 3.97. The van der Waals surface area contributed by atoms with Crippen LogP contribution in [0.25, 0.3) is 0 Å². The summed E-state index contributed by atoms with van der Waals surface area (Å²) in [6, 6.07) is 0. The fraction of sp³-hybridized carbons (Fsp3) is 1.00. The fourth-order valence-corrected chi connectivity index (χ4v) is 2.40. The Kier molecular flexibility index (Phi) is 9.25. The lowest BCUT2D eigenvalue weighted by molar-refractivity contribution is -0.130. The quantitative estimate of drug-likeness (QED) is 0.475. The minimum atomic E-state index is -3.27. The van der Waals surface area contributed by atoms with E-state index in [-0.39, 0.29) is 12.3 Å². The van der Waals surface area contributed by atoms with Gasteiger partial charge in [0.15, 0.2) is 6.29 Å². The van der Waals surface area contributed by atoms with Crippen molar-refractivity contribution in [2.75, 3.05) is 31.4 Å². The van der Waals surface area contributed by atoms with Gasteiger partial charge in [0.05, 0.1) is 12.3 Å². The van der Waals surface area contributed by atoms with Gasteiger partial charge in [0.25, 0.3) is 0 Å². The summed E-state index contributed by atoms with van der Waals surface area (Å²) in [6.45, 7) is 4.75. The Labute approximate surface area is 102 Å². The van der Waals surface area contributed by atoms with Gasteiger partial charge in [0.2, 0.25) is 10.0 Å². The molecule has 5 nitrogen and oxygen atoms in total. The van der Waals surface area contributed by atoms with E-state index in [1.54, 1.807) is 0 Å². The highest BCUT2D eigenvalue weighted by Gasteiger charge is 2.14. The summed E-state index contributed by atoms with van der Waals surface area (Å²) in [5, 5.41) is 0. The number of ether oxygens (including phenoxy) is 2. The molecule has 0 aromatic rings. The van der Waals surface area contributed by atoms with Crippen molar-refractivity contribution < 1.29 is 17.9 Å². The third kappa shape index (κ3) is 8.29. The fourth-order valence-electron chi connectivity index (χ4n) is 1.05. The van der Waals surface area contributed by atoms with Crippen molar-refractivity contribution in [3.05, 3.63) is 0 Å². The molecular weight excluding hydrogens is 254 g/mol. The van der Waals surface area contributed by atoms with Crippen molar-refractivity contribution >= 4 is 21.6 Å². The van der Waals surface area contributed by atoms with Crippen molar-refractivity contribution in [1.82, 2.24) is 4.72 Å². The molecule has 0 aliphatic carbocycles. The minimum absolute atomic E-state index is 0.0292. The smallest absolute Gasteiger partial charge is 0.211 e. The van der Waals surface area contributed by atoms with Crippen LogP contribution < -0.4 is 4.72 Å². The lowest BCUT2D eigenvalue weighted by atomic mass is 10.6. The number of hydrogen-bond acceptors (Lipinski definition) is 4. The molecule has 0 aromatic carbocycles. The Morgan fingerprint density at radius 2 is 1.81 bits per heavy atom. The van der Waals surface area contributed by atoms with E-state index in [2.05, 4.69) is 4.72 Å².